The molecule has 0 aromatic rings. The lowest BCUT2D eigenvalue weighted by Crippen LogP contribution is -2.41. The molecule has 0 amide bonds. The highest BCUT2D eigenvalue weighted by Gasteiger charge is 2.13. The Hall–Kier alpha value is 0.130. The van der Waals surface area contributed by atoms with Crippen LogP contribution in [0.5, 0.6) is 0 Å². The summed E-state index contributed by atoms with van der Waals surface area (Å²) in [6.45, 7) is 9.26. The van der Waals surface area contributed by atoms with Crippen LogP contribution in [0.3, 0.4) is 0 Å². The van der Waals surface area contributed by atoms with Crippen molar-refractivity contribution < 1.29 is 14.0 Å². The number of halogens is 1. The quantitative estimate of drug-likeness (QED) is 0.0540. The Morgan fingerprint density at radius 3 is 0.872 bits per heavy atom. The van der Waals surface area contributed by atoms with Crippen molar-refractivity contribution in [3.8, 4) is 0 Å². The molecule has 0 saturated carbocycles. The van der Waals surface area contributed by atoms with Gasteiger partial charge in [0.15, 0.2) is 0 Å². The van der Waals surface area contributed by atoms with E-state index in [1.807, 2.05) is 0 Å². The van der Waals surface area contributed by atoms with Crippen molar-refractivity contribution in [2.24, 2.45) is 5.73 Å². The molecule has 1 saturated heterocycles. The number of hydrogen-bond acceptors (Lipinski definition) is 3. The largest absolute Gasteiger partial charge is 0.375 e. The minimum atomic E-state index is -0.186. The number of hydrogen-bond donors (Lipinski definition) is 1. The molecule has 2 N–H and O–H groups in total. The van der Waals surface area contributed by atoms with Gasteiger partial charge in [-0.25, -0.2) is 0 Å². The Balaban J connectivity index is 0. The molecule has 1 aliphatic heterocycles. The van der Waals surface area contributed by atoms with Gasteiger partial charge in [0.1, 0.15) is 6.23 Å². The SMILES string of the molecule is CCCCCCCCCCCCCCCCCC[N+](C)(C)CCCCCCCCCCCCCCCCCC.Cl.NC1COCCO1. The Morgan fingerprint density at radius 2 is 0.681 bits per heavy atom. The molecule has 0 aromatic heterocycles. The zero-order valence-electron chi connectivity index (χ0n) is 33.0. The van der Waals surface area contributed by atoms with E-state index in [0.29, 0.717) is 19.8 Å². The minimum Gasteiger partial charge on any atom is -0.375 e. The number of nitrogens with zero attached hydrogens (tertiary/aromatic N) is 1. The van der Waals surface area contributed by atoms with Gasteiger partial charge >= 0.3 is 0 Å². The van der Waals surface area contributed by atoms with Gasteiger partial charge in [-0.15, -0.1) is 12.4 Å². The fraction of sp³-hybridized carbons (Fsp3) is 1.00. The van der Waals surface area contributed by atoms with Gasteiger partial charge in [0, 0.05) is 0 Å². The predicted octanol–water partition coefficient (Wildman–Crippen LogP) is 13.3. The maximum atomic E-state index is 5.29. The summed E-state index contributed by atoms with van der Waals surface area (Å²) in [6, 6.07) is 0. The normalized spacial score (nSPS) is 14.9. The smallest absolute Gasteiger partial charge is 0.129 e. The van der Waals surface area contributed by atoms with Gasteiger partial charge in [0.2, 0.25) is 0 Å². The average molecular weight is 691 g/mol. The second-order valence-electron chi connectivity index (χ2n) is 15.5. The summed E-state index contributed by atoms with van der Waals surface area (Å²) >= 11 is 0. The molecule has 1 atom stereocenters. The number of ether oxygens (including phenoxy) is 2. The van der Waals surface area contributed by atoms with Gasteiger partial charge in [0.25, 0.3) is 0 Å². The first-order chi connectivity index (χ1) is 22.5. The molecular weight excluding hydrogens is 600 g/mol. The minimum absolute atomic E-state index is 0. The maximum Gasteiger partial charge on any atom is 0.129 e. The first kappa shape index (κ1) is 49.2. The van der Waals surface area contributed by atoms with E-state index in [1.54, 1.807) is 0 Å². The summed E-state index contributed by atoms with van der Waals surface area (Å²) in [5.74, 6) is 0. The van der Waals surface area contributed by atoms with E-state index in [1.165, 1.54) is 223 Å². The standard InChI is InChI=1S/C38H80N.C4H9NO2.ClH/c1-5-7-9-11-13-15-17-19-21-23-25-27-29-31-33-35-37-39(3,4)38-36-34-32-30-28-26-24-22-20-18-16-14-12-10-8-6-2;5-4-3-6-1-2-7-4;/h5-38H2,1-4H3;4H,1-3,5H2;1H/q+1;;. The Labute approximate surface area is 303 Å². The lowest BCUT2D eigenvalue weighted by atomic mass is 10.0. The Morgan fingerprint density at radius 1 is 0.426 bits per heavy atom. The van der Waals surface area contributed by atoms with E-state index in [0.717, 1.165) is 0 Å². The summed E-state index contributed by atoms with van der Waals surface area (Å²) in [6.07, 6.45) is 46.7. The molecule has 1 rings (SSSR count). The predicted molar refractivity (Wildman–Crippen MR) is 213 cm³/mol. The van der Waals surface area contributed by atoms with Gasteiger partial charge in [-0.1, -0.05) is 194 Å². The summed E-state index contributed by atoms with van der Waals surface area (Å²) in [5, 5.41) is 0. The summed E-state index contributed by atoms with van der Waals surface area (Å²) in [4.78, 5) is 0. The van der Waals surface area contributed by atoms with E-state index < -0.39 is 0 Å². The second kappa shape index (κ2) is 40.6. The fourth-order valence-electron chi connectivity index (χ4n) is 6.79. The highest BCUT2D eigenvalue weighted by Crippen LogP contribution is 2.16. The number of unbranched alkanes of at least 4 members (excludes halogenated alkanes) is 30. The van der Waals surface area contributed by atoms with E-state index in [4.69, 9.17) is 15.2 Å². The van der Waals surface area contributed by atoms with Crippen LogP contribution in [0.15, 0.2) is 0 Å². The van der Waals surface area contributed by atoms with Crippen molar-refractivity contribution in [2.75, 3.05) is 47.0 Å². The zero-order valence-corrected chi connectivity index (χ0v) is 33.8. The molecule has 1 aliphatic rings. The molecule has 0 bridgehead atoms. The molecule has 0 aliphatic carbocycles. The number of nitrogens with two attached hydrogens (primary N) is 1. The Kier molecular flexibility index (Phi) is 42.5. The topological polar surface area (TPSA) is 44.5 Å². The molecule has 0 radical (unpaired) electrons. The van der Waals surface area contributed by atoms with Gasteiger partial charge in [-0.2, -0.15) is 0 Å². The molecule has 1 heterocycles. The van der Waals surface area contributed by atoms with Gasteiger partial charge in [-0.05, 0) is 25.7 Å². The van der Waals surface area contributed by atoms with E-state index in [2.05, 4.69) is 27.9 Å². The molecule has 1 unspecified atom stereocenters. The molecule has 0 spiro atoms. The van der Waals surface area contributed by atoms with Crippen LogP contribution in [0.1, 0.15) is 219 Å². The van der Waals surface area contributed by atoms with Crippen molar-refractivity contribution in [1.29, 1.82) is 0 Å². The van der Waals surface area contributed by atoms with Crippen molar-refractivity contribution in [2.45, 2.75) is 226 Å². The molecule has 1 fully saturated rings. The average Bonchev–Trinajstić information content (AvgIpc) is 3.05. The van der Waals surface area contributed by atoms with Crippen LogP contribution < -0.4 is 5.73 Å². The number of quaternary nitrogens is 1. The number of rotatable bonds is 34. The first-order valence-corrected chi connectivity index (χ1v) is 21.3. The lowest BCUT2D eigenvalue weighted by Gasteiger charge is -2.30. The highest BCUT2D eigenvalue weighted by atomic mass is 35.5. The summed E-state index contributed by atoms with van der Waals surface area (Å²) in [7, 11) is 4.94. The molecule has 47 heavy (non-hydrogen) atoms. The first-order valence-electron chi connectivity index (χ1n) is 21.3. The van der Waals surface area contributed by atoms with Crippen LogP contribution in [-0.2, 0) is 9.47 Å². The zero-order chi connectivity index (χ0) is 33.7. The van der Waals surface area contributed by atoms with Crippen LogP contribution in [-0.4, -0.2) is 57.7 Å². The third kappa shape index (κ3) is 42.2. The molecule has 4 nitrogen and oxygen atoms in total. The third-order valence-corrected chi connectivity index (χ3v) is 10.1. The maximum absolute atomic E-state index is 5.29. The van der Waals surface area contributed by atoms with Crippen LogP contribution in [0.2, 0.25) is 0 Å². The van der Waals surface area contributed by atoms with E-state index in [-0.39, 0.29) is 18.6 Å². The van der Waals surface area contributed by atoms with Crippen LogP contribution in [0.4, 0.5) is 0 Å². The van der Waals surface area contributed by atoms with Crippen LogP contribution >= 0.6 is 12.4 Å². The highest BCUT2D eigenvalue weighted by molar-refractivity contribution is 5.85. The Bertz CT molecular complexity index is 519. The summed E-state index contributed by atoms with van der Waals surface area (Å²) < 4.78 is 11.1. The van der Waals surface area contributed by atoms with Crippen molar-refractivity contribution >= 4 is 12.4 Å². The van der Waals surface area contributed by atoms with Gasteiger partial charge in [-0.3, -0.25) is 0 Å². The van der Waals surface area contributed by atoms with Crippen LogP contribution in [0, 0.1) is 0 Å². The van der Waals surface area contributed by atoms with Crippen molar-refractivity contribution in [3.05, 3.63) is 0 Å². The van der Waals surface area contributed by atoms with Gasteiger partial charge in [0.05, 0.1) is 47.0 Å². The third-order valence-electron chi connectivity index (χ3n) is 10.1. The molecular formula is C42H90ClN2O2+. The van der Waals surface area contributed by atoms with Crippen molar-refractivity contribution in [1.82, 2.24) is 0 Å². The van der Waals surface area contributed by atoms with E-state index in [9.17, 15) is 0 Å². The van der Waals surface area contributed by atoms with Gasteiger partial charge < -0.3 is 19.7 Å². The van der Waals surface area contributed by atoms with Crippen LogP contribution in [0.25, 0.3) is 0 Å². The lowest BCUT2D eigenvalue weighted by molar-refractivity contribution is -0.890. The monoisotopic (exact) mass is 690 g/mol. The second-order valence-corrected chi connectivity index (χ2v) is 15.5. The molecule has 5 heteroatoms. The molecule has 286 valence electrons. The molecule has 0 aromatic carbocycles. The van der Waals surface area contributed by atoms with Crippen molar-refractivity contribution in [3.63, 3.8) is 0 Å². The van der Waals surface area contributed by atoms with E-state index >= 15 is 0 Å². The summed E-state index contributed by atoms with van der Waals surface area (Å²) in [5.41, 5.74) is 5.29. The fourth-order valence-corrected chi connectivity index (χ4v) is 6.79.